The Hall–Kier alpha value is -1.69. The lowest BCUT2D eigenvalue weighted by atomic mass is 10.2. The van der Waals surface area contributed by atoms with Crippen LogP contribution in [0, 0.1) is 0 Å². The highest BCUT2D eigenvalue weighted by molar-refractivity contribution is 6.12. The monoisotopic (exact) mass is 193 g/mol. The van der Waals surface area contributed by atoms with Crippen molar-refractivity contribution in [3.8, 4) is 0 Å². The molecule has 14 heavy (non-hydrogen) atoms. The van der Waals surface area contributed by atoms with Crippen molar-refractivity contribution in [1.82, 2.24) is 10.2 Å². The first kappa shape index (κ1) is 8.89. The second-order valence-electron chi connectivity index (χ2n) is 3.03. The molecule has 0 saturated heterocycles. The van der Waals surface area contributed by atoms with Crippen molar-refractivity contribution in [3.05, 3.63) is 12.3 Å². The lowest BCUT2D eigenvalue weighted by Crippen LogP contribution is -2.19. The molecule has 1 aliphatic rings. The predicted octanol–water partition coefficient (Wildman–Crippen LogP) is -0.149. The molecule has 0 saturated carbocycles. The Balaban J connectivity index is 2.17. The molecule has 6 heteroatoms. The highest BCUT2D eigenvalue weighted by Crippen LogP contribution is 2.17. The van der Waals surface area contributed by atoms with Crippen molar-refractivity contribution in [2.24, 2.45) is 10.8 Å². The number of H-pyrrole nitrogens is 1. The number of hydrogen-bond acceptors (Lipinski definition) is 4. The zero-order chi connectivity index (χ0) is 9.97. The average molecular weight is 193 g/mol. The highest BCUT2D eigenvalue weighted by Gasteiger charge is 2.25. The number of carbonyl (C=O) groups excluding carboxylic acids is 1. The van der Waals surface area contributed by atoms with E-state index in [2.05, 4.69) is 15.3 Å². The van der Waals surface area contributed by atoms with Gasteiger partial charge in [0.05, 0.1) is 12.6 Å². The standard InChI is InChI=1S/C8H11N5O/c9-3-1-6-5-8(14)13(12-6)7-2-4-10-11-7/h2,4H,1,3,5,9H2,(H,10,11). The number of nitrogens with two attached hydrogens (primary N) is 1. The van der Waals surface area contributed by atoms with E-state index < -0.39 is 0 Å². The molecule has 0 atom stereocenters. The third-order valence-corrected chi connectivity index (χ3v) is 1.98. The van der Waals surface area contributed by atoms with Gasteiger partial charge in [-0.1, -0.05) is 0 Å². The molecule has 0 aromatic carbocycles. The molecule has 1 aliphatic heterocycles. The summed E-state index contributed by atoms with van der Waals surface area (Å²) in [5.74, 6) is 0.555. The molecule has 74 valence electrons. The highest BCUT2D eigenvalue weighted by atomic mass is 16.2. The molecule has 6 nitrogen and oxygen atoms in total. The number of carbonyl (C=O) groups is 1. The average Bonchev–Trinajstić information content (AvgIpc) is 2.74. The summed E-state index contributed by atoms with van der Waals surface area (Å²) in [6.07, 6.45) is 2.60. The SMILES string of the molecule is NCCC1=NN(c2ccn[nH]2)C(=O)C1. The molecular weight excluding hydrogens is 182 g/mol. The van der Waals surface area contributed by atoms with Crippen LogP contribution in [0.1, 0.15) is 12.8 Å². The van der Waals surface area contributed by atoms with Gasteiger partial charge in [-0.05, 0) is 6.54 Å². The molecule has 1 aromatic heterocycles. The van der Waals surface area contributed by atoms with Crippen LogP contribution in [0.3, 0.4) is 0 Å². The van der Waals surface area contributed by atoms with E-state index in [0.717, 1.165) is 5.71 Å². The second-order valence-corrected chi connectivity index (χ2v) is 3.03. The van der Waals surface area contributed by atoms with E-state index in [1.54, 1.807) is 12.3 Å². The number of amides is 1. The maximum absolute atomic E-state index is 11.5. The van der Waals surface area contributed by atoms with Crippen LogP contribution in [-0.4, -0.2) is 28.4 Å². The van der Waals surface area contributed by atoms with Gasteiger partial charge in [-0.3, -0.25) is 9.89 Å². The Kier molecular flexibility index (Phi) is 2.28. The van der Waals surface area contributed by atoms with Crippen LogP contribution in [0.15, 0.2) is 17.4 Å². The molecule has 0 bridgehead atoms. The summed E-state index contributed by atoms with van der Waals surface area (Å²) < 4.78 is 0. The molecule has 1 amide bonds. The minimum Gasteiger partial charge on any atom is -0.330 e. The van der Waals surface area contributed by atoms with Crippen molar-refractivity contribution >= 4 is 17.4 Å². The van der Waals surface area contributed by atoms with Crippen molar-refractivity contribution in [3.63, 3.8) is 0 Å². The van der Waals surface area contributed by atoms with Gasteiger partial charge >= 0.3 is 0 Å². The molecule has 2 heterocycles. The summed E-state index contributed by atoms with van der Waals surface area (Å²) in [5.41, 5.74) is 6.21. The zero-order valence-electron chi connectivity index (χ0n) is 7.60. The quantitative estimate of drug-likeness (QED) is 0.699. The van der Waals surface area contributed by atoms with Crippen LogP contribution in [0.25, 0.3) is 0 Å². The number of aromatic nitrogens is 2. The number of nitrogens with zero attached hydrogens (tertiary/aromatic N) is 3. The molecule has 2 rings (SSSR count). The predicted molar refractivity (Wildman–Crippen MR) is 51.8 cm³/mol. The first-order valence-corrected chi connectivity index (χ1v) is 4.40. The third-order valence-electron chi connectivity index (χ3n) is 1.98. The summed E-state index contributed by atoms with van der Waals surface area (Å²) in [4.78, 5) is 11.5. The van der Waals surface area contributed by atoms with Crippen molar-refractivity contribution in [2.75, 3.05) is 11.6 Å². The molecule has 0 spiro atoms. The van der Waals surface area contributed by atoms with Gasteiger partial charge in [0.15, 0.2) is 5.82 Å². The van der Waals surface area contributed by atoms with Gasteiger partial charge in [0, 0.05) is 18.2 Å². The Labute approximate surface area is 80.8 Å². The number of hydrazone groups is 1. The van der Waals surface area contributed by atoms with E-state index in [1.807, 2.05) is 0 Å². The first-order valence-electron chi connectivity index (χ1n) is 4.40. The lowest BCUT2D eigenvalue weighted by molar-refractivity contribution is -0.116. The van der Waals surface area contributed by atoms with Crippen LogP contribution in [0.4, 0.5) is 5.82 Å². The topological polar surface area (TPSA) is 87.4 Å². The van der Waals surface area contributed by atoms with E-state index in [0.29, 0.717) is 25.2 Å². The Morgan fingerprint density at radius 1 is 1.64 bits per heavy atom. The Morgan fingerprint density at radius 2 is 2.50 bits per heavy atom. The molecule has 0 fully saturated rings. The zero-order valence-corrected chi connectivity index (χ0v) is 7.60. The molecule has 0 aliphatic carbocycles. The first-order chi connectivity index (χ1) is 6.81. The van der Waals surface area contributed by atoms with Gasteiger partial charge < -0.3 is 5.73 Å². The van der Waals surface area contributed by atoms with Crippen LogP contribution in [0.5, 0.6) is 0 Å². The summed E-state index contributed by atoms with van der Waals surface area (Å²) in [6, 6.07) is 1.70. The molecule has 3 N–H and O–H groups in total. The fourth-order valence-electron chi connectivity index (χ4n) is 1.34. The molecule has 0 unspecified atom stereocenters. The fraction of sp³-hybridized carbons (Fsp3) is 0.375. The van der Waals surface area contributed by atoms with Gasteiger partial charge in [0.1, 0.15) is 0 Å². The van der Waals surface area contributed by atoms with Crippen LogP contribution >= 0.6 is 0 Å². The third kappa shape index (κ3) is 1.51. The van der Waals surface area contributed by atoms with Crippen molar-refractivity contribution in [2.45, 2.75) is 12.8 Å². The number of hydrogen-bond donors (Lipinski definition) is 2. The summed E-state index contributed by atoms with van der Waals surface area (Å²) in [5, 5.41) is 11.9. The molecular formula is C8H11N5O. The number of aromatic amines is 1. The minimum absolute atomic E-state index is 0.0438. The van der Waals surface area contributed by atoms with Gasteiger partial charge in [-0.15, -0.1) is 0 Å². The fourth-order valence-corrected chi connectivity index (χ4v) is 1.34. The lowest BCUT2D eigenvalue weighted by Gasteiger charge is -2.06. The van der Waals surface area contributed by atoms with E-state index >= 15 is 0 Å². The van der Waals surface area contributed by atoms with Crippen molar-refractivity contribution < 1.29 is 4.79 Å². The Morgan fingerprint density at radius 3 is 3.14 bits per heavy atom. The maximum atomic E-state index is 11.5. The summed E-state index contributed by atoms with van der Waals surface area (Å²) in [6.45, 7) is 0.517. The van der Waals surface area contributed by atoms with E-state index in [9.17, 15) is 4.79 Å². The van der Waals surface area contributed by atoms with Gasteiger partial charge in [0.2, 0.25) is 0 Å². The van der Waals surface area contributed by atoms with Crippen LogP contribution in [0.2, 0.25) is 0 Å². The van der Waals surface area contributed by atoms with Crippen LogP contribution < -0.4 is 10.7 Å². The van der Waals surface area contributed by atoms with Crippen molar-refractivity contribution in [1.29, 1.82) is 0 Å². The minimum atomic E-state index is -0.0438. The smallest absolute Gasteiger partial charge is 0.254 e. The number of rotatable bonds is 3. The van der Waals surface area contributed by atoms with Gasteiger partial charge in [-0.2, -0.15) is 15.2 Å². The largest absolute Gasteiger partial charge is 0.330 e. The number of nitrogens with one attached hydrogen (secondary N) is 1. The summed E-state index contributed by atoms with van der Waals surface area (Å²) in [7, 11) is 0. The second kappa shape index (κ2) is 3.59. The Bertz CT molecular complexity index is 356. The normalized spacial score (nSPS) is 16.2. The van der Waals surface area contributed by atoms with E-state index in [-0.39, 0.29) is 5.91 Å². The van der Waals surface area contributed by atoms with E-state index in [1.165, 1.54) is 5.01 Å². The van der Waals surface area contributed by atoms with Crippen LogP contribution in [-0.2, 0) is 4.79 Å². The van der Waals surface area contributed by atoms with Gasteiger partial charge in [-0.25, -0.2) is 0 Å². The number of anilines is 1. The summed E-state index contributed by atoms with van der Waals surface area (Å²) >= 11 is 0. The van der Waals surface area contributed by atoms with Gasteiger partial charge in [0.25, 0.3) is 5.91 Å². The maximum Gasteiger partial charge on any atom is 0.254 e. The molecule has 1 aromatic rings. The van der Waals surface area contributed by atoms with E-state index in [4.69, 9.17) is 5.73 Å². The molecule has 0 radical (unpaired) electrons.